The molecule has 1 heterocycles. The normalized spacial score (nSPS) is 15.2. The summed E-state index contributed by atoms with van der Waals surface area (Å²) in [5.41, 5.74) is 2.61. The van der Waals surface area contributed by atoms with Gasteiger partial charge in [0.15, 0.2) is 5.96 Å². The molecular weight excluding hydrogens is 372 g/mol. The molecule has 0 radical (unpaired) electrons. The van der Waals surface area contributed by atoms with Gasteiger partial charge in [-0.2, -0.15) is 0 Å². The van der Waals surface area contributed by atoms with Crippen molar-refractivity contribution in [3.8, 4) is 0 Å². The number of rotatable bonds is 6. The highest BCUT2D eigenvalue weighted by Crippen LogP contribution is 2.21. The SMILES string of the molecule is CN=C(NCCNS(=O)(=O)c1ccccc1)N1CC=C(c2ccccc2)CC1. The summed E-state index contributed by atoms with van der Waals surface area (Å²) < 4.78 is 27.1. The van der Waals surface area contributed by atoms with Crippen LogP contribution in [-0.4, -0.2) is 52.5 Å². The van der Waals surface area contributed by atoms with E-state index in [2.05, 4.69) is 50.3 Å². The van der Waals surface area contributed by atoms with Crippen LogP contribution < -0.4 is 10.0 Å². The fourth-order valence-electron chi connectivity index (χ4n) is 3.15. The second-order valence-electron chi connectivity index (χ2n) is 6.48. The van der Waals surface area contributed by atoms with Crippen LogP contribution in [0.25, 0.3) is 5.57 Å². The molecule has 0 aliphatic carbocycles. The molecular formula is C21H26N4O2S. The Morgan fingerprint density at radius 1 is 1.04 bits per heavy atom. The quantitative estimate of drug-likeness (QED) is 0.445. The van der Waals surface area contributed by atoms with E-state index in [0.717, 1.165) is 25.5 Å². The van der Waals surface area contributed by atoms with Gasteiger partial charge in [0.25, 0.3) is 0 Å². The predicted molar refractivity (Wildman–Crippen MR) is 114 cm³/mol. The lowest BCUT2D eigenvalue weighted by molar-refractivity contribution is 0.440. The molecule has 0 spiro atoms. The number of guanidine groups is 1. The van der Waals surface area contributed by atoms with Crippen LogP contribution in [-0.2, 0) is 10.0 Å². The third kappa shape index (κ3) is 5.21. The molecule has 6 nitrogen and oxygen atoms in total. The fourth-order valence-corrected chi connectivity index (χ4v) is 4.20. The molecule has 0 amide bonds. The fraction of sp³-hybridized carbons (Fsp3) is 0.286. The second-order valence-corrected chi connectivity index (χ2v) is 8.24. The molecule has 3 rings (SSSR count). The van der Waals surface area contributed by atoms with Gasteiger partial charge in [0.05, 0.1) is 4.90 Å². The molecule has 0 aromatic heterocycles. The van der Waals surface area contributed by atoms with Gasteiger partial charge in [0.1, 0.15) is 0 Å². The summed E-state index contributed by atoms with van der Waals surface area (Å²) in [6.07, 6.45) is 3.18. The van der Waals surface area contributed by atoms with E-state index in [1.165, 1.54) is 11.1 Å². The Hall–Kier alpha value is -2.64. The third-order valence-corrected chi connectivity index (χ3v) is 6.10. The van der Waals surface area contributed by atoms with E-state index in [4.69, 9.17) is 0 Å². The Balaban J connectivity index is 1.49. The topological polar surface area (TPSA) is 73.8 Å². The van der Waals surface area contributed by atoms with Crippen LogP contribution in [0.15, 0.2) is 76.6 Å². The standard InChI is InChI=1S/C21H26N4O2S/c1-22-21(23-14-15-24-28(26,27)20-10-6-3-7-11-20)25-16-12-19(13-17-25)18-8-4-2-5-9-18/h2-12,24H,13-17H2,1H3,(H,22,23). The van der Waals surface area contributed by atoms with E-state index in [0.29, 0.717) is 6.54 Å². The van der Waals surface area contributed by atoms with E-state index in [-0.39, 0.29) is 11.4 Å². The number of benzene rings is 2. The first-order chi connectivity index (χ1) is 13.6. The number of aliphatic imine (C=N–C) groups is 1. The highest BCUT2D eigenvalue weighted by molar-refractivity contribution is 7.89. The lowest BCUT2D eigenvalue weighted by atomic mass is 10.00. The number of hydrogen-bond donors (Lipinski definition) is 2. The molecule has 0 atom stereocenters. The summed E-state index contributed by atoms with van der Waals surface area (Å²) in [5, 5.41) is 3.24. The van der Waals surface area contributed by atoms with E-state index in [9.17, 15) is 8.42 Å². The molecule has 0 fully saturated rings. The van der Waals surface area contributed by atoms with Crippen LogP contribution in [0, 0.1) is 0 Å². The van der Waals surface area contributed by atoms with Crippen LogP contribution in [0.4, 0.5) is 0 Å². The zero-order chi connectivity index (χ0) is 19.8. The molecule has 1 aliphatic heterocycles. The van der Waals surface area contributed by atoms with Gasteiger partial charge in [-0.1, -0.05) is 54.6 Å². The van der Waals surface area contributed by atoms with Crippen LogP contribution >= 0.6 is 0 Å². The summed E-state index contributed by atoms with van der Waals surface area (Å²) >= 11 is 0. The first-order valence-electron chi connectivity index (χ1n) is 9.35. The first kappa shape index (κ1) is 20.1. The Bertz CT molecular complexity index is 925. The minimum Gasteiger partial charge on any atom is -0.355 e. The minimum absolute atomic E-state index is 0.272. The predicted octanol–water partition coefficient (Wildman–Crippen LogP) is 2.33. The Labute approximate surface area is 167 Å². The van der Waals surface area contributed by atoms with Crippen molar-refractivity contribution in [2.75, 3.05) is 33.2 Å². The average molecular weight is 399 g/mol. The van der Waals surface area contributed by atoms with Gasteiger partial charge >= 0.3 is 0 Å². The molecule has 1 aliphatic rings. The maximum atomic E-state index is 12.2. The van der Waals surface area contributed by atoms with E-state index in [1.54, 1.807) is 37.4 Å². The van der Waals surface area contributed by atoms with Crippen molar-refractivity contribution in [1.82, 2.24) is 14.9 Å². The van der Waals surface area contributed by atoms with Crippen LogP contribution in [0.3, 0.4) is 0 Å². The maximum absolute atomic E-state index is 12.2. The van der Waals surface area contributed by atoms with Crippen molar-refractivity contribution in [3.63, 3.8) is 0 Å². The van der Waals surface area contributed by atoms with Gasteiger partial charge in [-0.25, -0.2) is 13.1 Å². The molecule has 0 unspecified atom stereocenters. The van der Waals surface area contributed by atoms with Gasteiger partial charge < -0.3 is 10.2 Å². The third-order valence-electron chi connectivity index (χ3n) is 4.62. The lowest BCUT2D eigenvalue weighted by Crippen LogP contribution is -2.45. The summed E-state index contributed by atoms with van der Waals surface area (Å²) in [5.74, 6) is 0.780. The summed E-state index contributed by atoms with van der Waals surface area (Å²) in [6.45, 7) is 2.40. The number of sulfonamides is 1. The average Bonchev–Trinajstić information content (AvgIpc) is 2.75. The van der Waals surface area contributed by atoms with E-state index >= 15 is 0 Å². The maximum Gasteiger partial charge on any atom is 0.240 e. The van der Waals surface area contributed by atoms with Gasteiger partial charge in [0.2, 0.25) is 10.0 Å². The van der Waals surface area contributed by atoms with Gasteiger partial charge in [0, 0.05) is 33.2 Å². The van der Waals surface area contributed by atoms with Crippen LogP contribution in [0.5, 0.6) is 0 Å². The monoisotopic (exact) mass is 398 g/mol. The minimum atomic E-state index is -3.48. The van der Waals surface area contributed by atoms with Gasteiger partial charge in [-0.3, -0.25) is 4.99 Å². The molecule has 148 valence electrons. The molecule has 0 saturated carbocycles. The Morgan fingerprint density at radius 2 is 1.71 bits per heavy atom. The smallest absolute Gasteiger partial charge is 0.240 e. The summed E-state index contributed by atoms with van der Waals surface area (Å²) in [4.78, 5) is 6.76. The molecule has 2 N–H and O–H groups in total. The van der Waals surface area contributed by atoms with Crippen LogP contribution in [0.2, 0.25) is 0 Å². The molecule has 0 saturated heterocycles. The number of hydrogen-bond acceptors (Lipinski definition) is 3. The first-order valence-corrected chi connectivity index (χ1v) is 10.8. The van der Waals surface area contributed by atoms with E-state index < -0.39 is 10.0 Å². The van der Waals surface area contributed by atoms with Crippen molar-refractivity contribution >= 4 is 21.6 Å². The lowest BCUT2D eigenvalue weighted by Gasteiger charge is -2.29. The largest absolute Gasteiger partial charge is 0.355 e. The van der Waals surface area contributed by atoms with E-state index in [1.807, 2.05) is 6.07 Å². The molecule has 2 aromatic carbocycles. The van der Waals surface area contributed by atoms with Crippen molar-refractivity contribution in [2.24, 2.45) is 4.99 Å². The Morgan fingerprint density at radius 3 is 2.32 bits per heavy atom. The Kier molecular flexibility index (Phi) is 6.84. The number of nitrogens with zero attached hydrogens (tertiary/aromatic N) is 2. The van der Waals surface area contributed by atoms with Crippen molar-refractivity contribution < 1.29 is 8.42 Å². The highest BCUT2D eigenvalue weighted by atomic mass is 32.2. The zero-order valence-electron chi connectivity index (χ0n) is 16.0. The zero-order valence-corrected chi connectivity index (χ0v) is 16.8. The van der Waals surface area contributed by atoms with Gasteiger partial charge in [-0.15, -0.1) is 0 Å². The summed E-state index contributed by atoms with van der Waals surface area (Å²) in [7, 11) is -1.74. The van der Waals surface area contributed by atoms with Crippen molar-refractivity contribution in [1.29, 1.82) is 0 Å². The molecule has 28 heavy (non-hydrogen) atoms. The highest BCUT2D eigenvalue weighted by Gasteiger charge is 2.16. The molecule has 7 heteroatoms. The van der Waals surface area contributed by atoms with Crippen LogP contribution in [0.1, 0.15) is 12.0 Å². The molecule has 0 bridgehead atoms. The summed E-state index contributed by atoms with van der Waals surface area (Å²) in [6, 6.07) is 18.8. The van der Waals surface area contributed by atoms with Gasteiger partial charge in [-0.05, 0) is 29.7 Å². The molecule has 2 aromatic rings. The second kappa shape index (κ2) is 9.52. The number of nitrogens with one attached hydrogen (secondary N) is 2. The van der Waals surface area contributed by atoms with Crippen molar-refractivity contribution in [3.05, 3.63) is 72.3 Å². The van der Waals surface area contributed by atoms with Crippen molar-refractivity contribution in [2.45, 2.75) is 11.3 Å².